The second kappa shape index (κ2) is 2.19. The van der Waals surface area contributed by atoms with Crippen molar-refractivity contribution in [3.8, 4) is 0 Å². The van der Waals surface area contributed by atoms with Crippen LogP contribution in [0.15, 0.2) is 18.3 Å². The fraction of sp³-hybridized carbons (Fsp3) is 0.455. The summed E-state index contributed by atoms with van der Waals surface area (Å²) in [7, 11) is 0. The highest BCUT2D eigenvalue weighted by Gasteiger charge is 2.51. The largest absolute Gasteiger partial charge is 0.293 e. The van der Waals surface area contributed by atoms with Gasteiger partial charge in [-0.1, -0.05) is 0 Å². The fourth-order valence-electron chi connectivity index (χ4n) is 2.23. The molecule has 13 heavy (non-hydrogen) atoms. The number of hydrogen-bond acceptors (Lipinski definition) is 2. The molecule has 0 atom stereocenters. The van der Waals surface area contributed by atoms with Crippen LogP contribution in [0.25, 0.3) is 0 Å². The molecule has 0 amide bonds. The van der Waals surface area contributed by atoms with Crippen LogP contribution in [0.1, 0.15) is 35.3 Å². The van der Waals surface area contributed by atoms with Crippen molar-refractivity contribution in [2.24, 2.45) is 5.41 Å². The molecule has 0 bridgehead atoms. The van der Waals surface area contributed by atoms with E-state index in [9.17, 15) is 4.79 Å². The summed E-state index contributed by atoms with van der Waals surface area (Å²) < 4.78 is 0. The zero-order chi connectivity index (χ0) is 8.89. The molecule has 1 heterocycles. The first-order valence-corrected chi connectivity index (χ1v) is 4.81. The van der Waals surface area contributed by atoms with Crippen LogP contribution in [0, 0.1) is 5.41 Å². The summed E-state index contributed by atoms with van der Waals surface area (Å²) in [6.07, 6.45) is 5.98. The second-order valence-electron chi connectivity index (χ2n) is 4.11. The molecule has 0 radical (unpaired) electrons. The lowest BCUT2D eigenvalue weighted by molar-refractivity contribution is 0.0879. The molecular formula is C11H11NO. The quantitative estimate of drug-likeness (QED) is 0.600. The van der Waals surface area contributed by atoms with Gasteiger partial charge in [0, 0.05) is 17.2 Å². The number of carbonyl (C=O) groups excluding carboxylic acids is 1. The summed E-state index contributed by atoms with van der Waals surface area (Å²) in [5.41, 5.74) is 1.94. The van der Waals surface area contributed by atoms with E-state index in [2.05, 4.69) is 4.98 Å². The van der Waals surface area contributed by atoms with Gasteiger partial charge in [0.2, 0.25) is 0 Å². The van der Waals surface area contributed by atoms with Gasteiger partial charge in [0.15, 0.2) is 5.78 Å². The van der Waals surface area contributed by atoms with E-state index in [0.717, 1.165) is 36.9 Å². The number of nitrogens with zero attached hydrogens (tertiary/aromatic N) is 1. The molecule has 0 aliphatic heterocycles. The number of ketones is 1. The molecule has 2 aliphatic carbocycles. The van der Waals surface area contributed by atoms with Crippen LogP contribution in [0.2, 0.25) is 0 Å². The monoisotopic (exact) mass is 173 g/mol. The van der Waals surface area contributed by atoms with Gasteiger partial charge in [-0.15, -0.1) is 0 Å². The molecule has 1 saturated carbocycles. The topological polar surface area (TPSA) is 30.0 Å². The molecule has 0 saturated heterocycles. The van der Waals surface area contributed by atoms with Crippen molar-refractivity contribution in [1.82, 2.24) is 4.98 Å². The number of aryl methyl sites for hydroxylation is 1. The lowest BCUT2D eigenvalue weighted by Crippen LogP contribution is -2.24. The Balaban J connectivity index is 2.13. The van der Waals surface area contributed by atoms with Crippen molar-refractivity contribution in [2.45, 2.75) is 25.7 Å². The van der Waals surface area contributed by atoms with E-state index in [1.165, 1.54) is 0 Å². The van der Waals surface area contributed by atoms with Gasteiger partial charge in [0.05, 0.1) is 5.69 Å². The molecule has 1 spiro atoms. The zero-order valence-electron chi connectivity index (χ0n) is 7.42. The molecule has 2 aliphatic rings. The molecule has 66 valence electrons. The van der Waals surface area contributed by atoms with E-state index in [1.807, 2.05) is 12.1 Å². The van der Waals surface area contributed by atoms with E-state index >= 15 is 0 Å². The molecule has 0 N–H and O–H groups in total. The van der Waals surface area contributed by atoms with Gasteiger partial charge in [-0.25, -0.2) is 0 Å². The maximum Gasteiger partial charge on any atom is 0.170 e. The van der Waals surface area contributed by atoms with Gasteiger partial charge >= 0.3 is 0 Å². The maximum absolute atomic E-state index is 12.0. The number of pyridine rings is 1. The van der Waals surface area contributed by atoms with Gasteiger partial charge in [0.25, 0.3) is 0 Å². The van der Waals surface area contributed by atoms with Gasteiger partial charge in [-0.2, -0.15) is 0 Å². The van der Waals surface area contributed by atoms with Gasteiger partial charge < -0.3 is 0 Å². The summed E-state index contributed by atoms with van der Waals surface area (Å²) in [5.74, 6) is 0.349. The highest BCUT2D eigenvalue weighted by molar-refractivity contribution is 6.04. The van der Waals surface area contributed by atoms with E-state index in [0.29, 0.717) is 5.78 Å². The molecule has 1 fully saturated rings. The van der Waals surface area contributed by atoms with Crippen LogP contribution in [0.4, 0.5) is 0 Å². The van der Waals surface area contributed by atoms with Crippen LogP contribution >= 0.6 is 0 Å². The van der Waals surface area contributed by atoms with Crippen LogP contribution in [0.5, 0.6) is 0 Å². The molecule has 1 aromatic heterocycles. The Kier molecular flexibility index (Phi) is 1.22. The Labute approximate surface area is 77.0 Å². The first-order valence-electron chi connectivity index (χ1n) is 4.81. The van der Waals surface area contributed by atoms with Crippen LogP contribution in [-0.2, 0) is 6.42 Å². The molecular weight excluding hydrogens is 162 g/mol. The zero-order valence-corrected chi connectivity index (χ0v) is 7.42. The van der Waals surface area contributed by atoms with Crippen LogP contribution in [0.3, 0.4) is 0 Å². The normalized spacial score (nSPS) is 22.9. The van der Waals surface area contributed by atoms with Crippen molar-refractivity contribution in [3.63, 3.8) is 0 Å². The van der Waals surface area contributed by atoms with Crippen LogP contribution in [-0.4, -0.2) is 10.8 Å². The summed E-state index contributed by atoms with van der Waals surface area (Å²) in [6, 6.07) is 3.78. The van der Waals surface area contributed by atoms with Crippen molar-refractivity contribution >= 4 is 5.78 Å². The molecule has 0 unspecified atom stereocenters. The first-order chi connectivity index (χ1) is 6.32. The smallest absolute Gasteiger partial charge is 0.170 e. The van der Waals surface area contributed by atoms with Crippen molar-refractivity contribution in [1.29, 1.82) is 0 Å². The minimum atomic E-state index is 0.0516. The molecule has 0 aromatic carbocycles. The van der Waals surface area contributed by atoms with Gasteiger partial charge in [0.1, 0.15) is 0 Å². The van der Waals surface area contributed by atoms with E-state index in [-0.39, 0.29) is 5.41 Å². The van der Waals surface area contributed by atoms with Gasteiger partial charge in [-0.05, 0) is 37.8 Å². The molecule has 2 heteroatoms. The number of hydrogen-bond donors (Lipinski definition) is 0. The Bertz CT molecular complexity index is 379. The third-order valence-corrected chi connectivity index (χ3v) is 3.31. The Morgan fingerprint density at radius 2 is 2.15 bits per heavy atom. The lowest BCUT2D eigenvalue weighted by Gasteiger charge is -2.21. The van der Waals surface area contributed by atoms with Crippen molar-refractivity contribution in [2.75, 3.05) is 0 Å². The predicted octanol–water partition coefficient (Wildman–Crippen LogP) is 1.99. The van der Waals surface area contributed by atoms with Gasteiger partial charge in [-0.3, -0.25) is 9.78 Å². The summed E-state index contributed by atoms with van der Waals surface area (Å²) >= 11 is 0. The fourth-order valence-corrected chi connectivity index (χ4v) is 2.23. The highest BCUT2D eigenvalue weighted by atomic mass is 16.1. The number of Topliss-reactive ketones (excluding diaryl/α,β-unsaturated/α-hetero) is 1. The SMILES string of the molecule is O=C1c2cccnc2CCC12CC2. The number of carbonyl (C=O) groups is 1. The summed E-state index contributed by atoms with van der Waals surface area (Å²) in [6.45, 7) is 0. The minimum absolute atomic E-state index is 0.0516. The van der Waals surface area contributed by atoms with Crippen LogP contribution < -0.4 is 0 Å². The summed E-state index contributed by atoms with van der Waals surface area (Å²) in [4.78, 5) is 16.2. The average molecular weight is 173 g/mol. The second-order valence-corrected chi connectivity index (χ2v) is 4.11. The highest BCUT2D eigenvalue weighted by Crippen LogP contribution is 2.54. The third-order valence-electron chi connectivity index (χ3n) is 3.31. The number of fused-ring (bicyclic) bond motifs is 1. The van der Waals surface area contributed by atoms with E-state index < -0.39 is 0 Å². The molecule has 3 rings (SSSR count). The molecule has 2 nitrogen and oxygen atoms in total. The molecule has 1 aromatic rings. The van der Waals surface area contributed by atoms with Crippen molar-refractivity contribution < 1.29 is 4.79 Å². The predicted molar refractivity (Wildman–Crippen MR) is 48.6 cm³/mol. The standard InChI is InChI=1S/C11H11NO/c13-10-8-2-1-7-12-9(8)3-4-11(10)5-6-11/h1-2,7H,3-6H2. The first kappa shape index (κ1) is 7.25. The number of rotatable bonds is 0. The van der Waals surface area contributed by atoms with E-state index in [4.69, 9.17) is 0 Å². The Morgan fingerprint density at radius 1 is 1.31 bits per heavy atom. The Morgan fingerprint density at radius 3 is 2.92 bits per heavy atom. The maximum atomic E-state index is 12.0. The van der Waals surface area contributed by atoms with E-state index in [1.54, 1.807) is 6.20 Å². The average Bonchev–Trinajstić information content (AvgIpc) is 2.94. The third kappa shape index (κ3) is 0.886. The lowest BCUT2D eigenvalue weighted by atomic mass is 9.83. The minimum Gasteiger partial charge on any atom is -0.293 e. The Hall–Kier alpha value is -1.18. The number of aromatic nitrogens is 1. The van der Waals surface area contributed by atoms with Crippen molar-refractivity contribution in [3.05, 3.63) is 29.6 Å². The summed E-state index contributed by atoms with van der Waals surface area (Å²) in [5, 5.41) is 0.